The van der Waals surface area contributed by atoms with Crippen LogP contribution in [0.2, 0.25) is 0 Å². The van der Waals surface area contributed by atoms with Crippen LogP contribution in [0.1, 0.15) is 6.92 Å². The topological polar surface area (TPSA) is 60.0 Å². The molecule has 1 aliphatic heterocycles. The van der Waals surface area contributed by atoms with Crippen molar-refractivity contribution < 1.29 is 0 Å². The van der Waals surface area contributed by atoms with Gasteiger partial charge in [-0.2, -0.15) is 10.1 Å². The molecule has 70 valence electrons. The molecule has 0 spiro atoms. The minimum absolute atomic E-state index is 0.579. The van der Waals surface area contributed by atoms with E-state index >= 15 is 0 Å². The highest BCUT2D eigenvalue weighted by atomic mass is 15.4. The first-order chi connectivity index (χ1) is 6.24. The molecule has 2 rings (SSSR count). The van der Waals surface area contributed by atoms with Crippen LogP contribution in [0.4, 0.5) is 5.95 Å². The fraction of sp³-hybridized carbons (Fsp3) is 0.500. The molecule has 0 atom stereocenters. The van der Waals surface area contributed by atoms with Crippen molar-refractivity contribution in [1.29, 1.82) is 0 Å². The average molecular weight is 179 g/mol. The number of hydrogen-bond acceptors (Lipinski definition) is 4. The van der Waals surface area contributed by atoms with Crippen molar-refractivity contribution >= 4 is 5.95 Å². The highest BCUT2D eigenvalue weighted by molar-refractivity contribution is 5.43. The maximum atomic E-state index is 5.64. The minimum Gasteiger partial charge on any atom is -0.327 e. The van der Waals surface area contributed by atoms with Crippen molar-refractivity contribution in [2.75, 3.05) is 18.5 Å². The molecule has 0 radical (unpaired) electrons. The normalized spacial score (nSPS) is 16.4. The number of fused-ring (bicyclic) bond motifs is 1. The summed E-state index contributed by atoms with van der Waals surface area (Å²) in [5.74, 6) is 0.884. The summed E-state index contributed by atoms with van der Waals surface area (Å²) in [5, 5.41) is 4.11. The maximum absolute atomic E-state index is 5.64. The smallest absolute Gasteiger partial charge is 0.228 e. The molecule has 1 aliphatic rings. The van der Waals surface area contributed by atoms with Crippen molar-refractivity contribution in [3.05, 3.63) is 17.6 Å². The van der Waals surface area contributed by atoms with Crippen molar-refractivity contribution in [1.82, 2.24) is 14.8 Å². The summed E-state index contributed by atoms with van der Waals surface area (Å²) in [4.78, 5) is 6.17. The second-order valence-corrected chi connectivity index (χ2v) is 3.17. The van der Waals surface area contributed by atoms with Crippen LogP contribution >= 0.6 is 0 Å². The Balaban J connectivity index is 2.44. The minimum atomic E-state index is 0.579. The van der Waals surface area contributed by atoms with Gasteiger partial charge in [-0.15, -0.1) is 0 Å². The molecule has 0 aromatic carbocycles. The molecule has 5 nitrogen and oxygen atoms in total. The number of aromatic nitrogens is 3. The average Bonchev–Trinajstić information content (AvgIpc) is 2.59. The zero-order valence-corrected chi connectivity index (χ0v) is 7.86. The van der Waals surface area contributed by atoms with E-state index in [-0.39, 0.29) is 0 Å². The first-order valence-corrected chi connectivity index (χ1v) is 4.24. The van der Waals surface area contributed by atoms with Gasteiger partial charge in [0.2, 0.25) is 5.95 Å². The predicted molar refractivity (Wildman–Crippen MR) is 50.2 cm³/mol. The largest absolute Gasteiger partial charge is 0.327 e. The lowest BCUT2D eigenvalue weighted by Crippen LogP contribution is -2.29. The van der Waals surface area contributed by atoms with Gasteiger partial charge in [-0.1, -0.05) is 0 Å². The third-order valence-electron chi connectivity index (χ3n) is 2.50. The molecule has 0 saturated carbocycles. The second kappa shape index (κ2) is 2.85. The fourth-order valence-corrected chi connectivity index (χ4v) is 1.52. The molecule has 0 saturated heterocycles. The molecule has 0 unspecified atom stereocenters. The van der Waals surface area contributed by atoms with Crippen molar-refractivity contribution in [3.8, 4) is 0 Å². The highest BCUT2D eigenvalue weighted by Gasteiger charge is 2.19. The Hall–Kier alpha value is -1.36. The Morgan fingerprint density at radius 1 is 1.62 bits per heavy atom. The van der Waals surface area contributed by atoms with E-state index in [1.54, 1.807) is 6.33 Å². The van der Waals surface area contributed by atoms with Gasteiger partial charge in [-0.25, -0.2) is 4.68 Å². The number of nitrogens with zero attached hydrogens (tertiary/aromatic N) is 4. The Bertz CT molecular complexity index is 351. The van der Waals surface area contributed by atoms with Gasteiger partial charge in [0.05, 0.1) is 6.54 Å². The van der Waals surface area contributed by atoms with Crippen LogP contribution in [-0.4, -0.2) is 28.4 Å². The van der Waals surface area contributed by atoms with E-state index in [0.717, 1.165) is 12.5 Å². The quantitative estimate of drug-likeness (QED) is 0.657. The summed E-state index contributed by atoms with van der Waals surface area (Å²) in [7, 11) is 1.98. The van der Waals surface area contributed by atoms with E-state index < -0.39 is 0 Å². The predicted octanol–water partition coefficient (Wildman–Crippen LogP) is -0.0394. The van der Waals surface area contributed by atoms with Crippen LogP contribution in [0.25, 0.3) is 0 Å². The van der Waals surface area contributed by atoms with Crippen molar-refractivity contribution in [2.45, 2.75) is 13.5 Å². The number of hydrogen-bond donors (Lipinski definition) is 1. The molecule has 1 aromatic heterocycles. The summed E-state index contributed by atoms with van der Waals surface area (Å²) < 4.78 is 1.86. The second-order valence-electron chi connectivity index (χ2n) is 3.17. The molecule has 1 aromatic rings. The van der Waals surface area contributed by atoms with Crippen LogP contribution in [0.3, 0.4) is 0 Å². The van der Waals surface area contributed by atoms with Crippen LogP contribution in [0, 0.1) is 0 Å². The number of nitrogens with two attached hydrogens (primary N) is 1. The van der Waals surface area contributed by atoms with Crippen LogP contribution < -0.4 is 10.6 Å². The van der Waals surface area contributed by atoms with Gasteiger partial charge in [0.15, 0.2) is 0 Å². The first kappa shape index (κ1) is 8.25. The molecule has 2 heterocycles. The molecular formula is C8H13N5. The van der Waals surface area contributed by atoms with Gasteiger partial charge >= 0.3 is 0 Å². The van der Waals surface area contributed by atoms with Crippen LogP contribution in [-0.2, 0) is 6.54 Å². The Morgan fingerprint density at radius 2 is 2.38 bits per heavy atom. The van der Waals surface area contributed by atoms with Crippen LogP contribution in [0.5, 0.6) is 0 Å². The lowest BCUT2D eigenvalue weighted by molar-refractivity contribution is 0.629. The molecule has 0 fully saturated rings. The molecule has 0 aliphatic carbocycles. The summed E-state index contributed by atoms with van der Waals surface area (Å²) in [6, 6.07) is 0. The van der Waals surface area contributed by atoms with Crippen molar-refractivity contribution in [2.24, 2.45) is 5.73 Å². The van der Waals surface area contributed by atoms with Gasteiger partial charge in [0.25, 0.3) is 0 Å². The van der Waals surface area contributed by atoms with Gasteiger partial charge < -0.3 is 10.6 Å². The number of allylic oxidation sites excluding steroid dienone is 1. The van der Waals surface area contributed by atoms with Gasteiger partial charge in [-0.3, -0.25) is 0 Å². The highest BCUT2D eigenvalue weighted by Crippen LogP contribution is 2.22. The van der Waals surface area contributed by atoms with E-state index in [0.29, 0.717) is 6.54 Å². The third kappa shape index (κ3) is 1.12. The Morgan fingerprint density at radius 3 is 3.08 bits per heavy atom. The van der Waals surface area contributed by atoms with E-state index in [4.69, 9.17) is 5.73 Å². The van der Waals surface area contributed by atoms with Gasteiger partial charge in [0.1, 0.15) is 6.33 Å². The molecule has 2 N–H and O–H groups in total. The standard InChI is InChI=1S/C8H13N5/c1-6-7(3-9)4-13-8(12(6)2)10-5-11-13/h5H,3-4,9H2,1-2H3. The SMILES string of the molecule is CC1=C(CN)Cn2ncnc2N1C. The van der Waals surface area contributed by atoms with Gasteiger partial charge in [0, 0.05) is 19.3 Å². The summed E-state index contributed by atoms with van der Waals surface area (Å²) >= 11 is 0. The third-order valence-corrected chi connectivity index (χ3v) is 2.50. The van der Waals surface area contributed by atoms with Crippen LogP contribution in [0.15, 0.2) is 17.6 Å². The van der Waals surface area contributed by atoms with E-state index in [1.807, 2.05) is 16.6 Å². The van der Waals surface area contributed by atoms with E-state index in [2.05, 4.69) is 17.0 Å². The van der Waals surface area contributed by atoms with Crippen molar-refractivity contribution in [3.63, 3.8) is 0 Å². The summed E-state index contributed by atoms with van der Waals surface area (Å²) in [6.07, 6.45) is 1.57. The lowest BCUT2D eigenvalue weighted by atomic mass is 10.2. The maximum Gasteiger partial charge on any atom is 0.228 e. The zero-order chi connectivity index (χ0) is 9.42. The van der Waals surface area contributed by atoms with Gasteiger partial charge in [-0.05, 0) is 12.5 Å². The summed E-state index contributed by atoms with van der Waals surface area (Å²) in [6.45, 7) is 3.40. The Kier molecular flexibility index (Phi) is 1.81. The molecule has 5 heteroatoms. The number of anilines is 1. The van der Waals surface area contributed by atoms with E-state index in [9.17, 15) is 0 Å². The number of rotatable bonds is 1. The lowest BCUT2D eigenvalue weighted by Gasteiger charge is -2.27. The Labute approximate surface area is 76.9 Å². The first-order valence-electron chi connectivity index (χ1n) is 4.24. The molecular weight excluding hydrogens is 166 g/mol. The molecule has 13 heavy (non-hydrogen) atoms. The summed E-state index contributed by atoms with van der Waals surface area (Å²) in [5.41, 5.74) is 8.03. The zero-order valence-electron chi connectivity index (χ0n) is 7.86. The molecule has 0 amide bonds. The fourth-order valence-electron chi connectivity index (χ4n) is 1.52. The van der Waals surface area contributed by atoms with E-state index in [1.165, 1.54) is 11.3 Å². The monoisotopic (exact) mass is 179 g/mol. The molecule has 0 bridgehead atoms.